The van der Waals surface area contributed by atoms with Crippen molar-refractivity contribution in [3.05, 3.63) is 93.9 Å². The van der Waals surface area contributed by atoms with E-state index in [1.54, 1.807) is 62.7 Å². The largest absolute Gasteiger partial charge is 0.497 e. The highest BCUT2D eigenvalue weighted by molar-refractivity contribution is 6.03. The van der Waals surface area contributed by atoms with Gasteiger partial charge in [-0.3, -0.25) is 19.7 Å². The molecule has 1 atom stereocenters. The summed E-state index contributed by atoms with van der Waals surface area (Å²) in [6.45, 7) is -0.195. The Morgan fingerprint density at radius 3 is 2.47 bits per heavy atom. The van der Waals surface area contributed by atoms with Crippen LogP contribution < -0.4 is 4.74 Å². The number of likely N-dealkylation sites (N-methyl/N-ethyl adjacent to an activating group) is 1. The van der Waals surface area contributed by atoms with Crippen LogP contribution in [0.25, 0.3) is 0 Å². The molecule has 1 aliphatic rings. The molecule has 0 bridgehead atoms. The number of ether oxygens (including phenoxy) is 1. The predicted octanol–water partition coefficient (Wildman–Crippen LogP) is 3.65. The predicted molar refractivity (Wildman–Crippen MR) is 122 cm³/mol. The zero-order valence-electron chi connectivity index (χ0n) is 18.6. The minimum Gasteiger partial charge on any atom is -0.497 e. The molecule has 4 rings (SSSR count). The number of nitrogens with zero attached hydrogens (tertiary/aromatic N) is 4. The highest BCUT2D eigenvalue weighted by Gasteiger charge is 2.35. The third-order valence-corrected chi connectivity index (χ3v) is 5.50. The first-order chi connectivity index (χ1) is 16.4. The van der Waals surface area contributed by atoms with E-state index in [2.05, 4.69) is 5.10 Å². The lowest BCUT2D eigenvalue weighted by Gasteiger charge is -2.23. The number of nitro groups is 1. The number of hydrogen-bond donors (Lipinski definition) is 0. The van der Waals surface area contributed by atoms with Crippen LogP contribution in [-0.4, -0.2) is 53.1 Å². The highest BCUT2D eigenvalue weighted by Crippen LogP contribution is 2.33. The summed E-state index contributed by atoms with van der Waals surface area (Å²) < 4.78 is 10.6. The van der Waals surface area contributed by atoms with Crippen LogP contribution in [0.3, 0.4) is 0 Å². The van der Waals surface area contributed by atoms with Gasteiger partial charge in [0.25, 0.3) is 17.5 Å². The van der Waals surface area contributed by atoms with Crippen LogP contribution in [0.5, 0.6) is 5.75 Å². The number of nitro benzene ring substituents is 1. The first-order valence-corrected chi connectivity index (χ1v) is 10.4. The van der Waals surface area contributed by atoms with Crippen LogP contribution >= 0.6 is 0 Å². The summed E-state index contributed by atoms with van der Waals surface area (Å²) in [7, 11) is 3.09. The van der Waals surface area contributed by atoms with Crippen LogP contribution in [-0.2, 0) is 4.79 Å². The standard InChI is InChI=1S/C24H22N4O6/c1-26(24(30)17-7-11-19(33-2)12-8-17)15-23(29)27-21(22-4-3-13-34-22)14-20(25-27)16-5-9-18(10-6-16)28(31)32/h3-13,21H,14-15H2,1-2H3/t21-/m0/s1. The van der Waals surface area contributed by atoms with Gasteiger partial charge in [0, 0.05) is 31.2 Å². The fraction of sp³-hybridized carbons (Fsp3) is 0.208. The fourth-order valence-electron chi connectivity index (χ4n) is 3.69. The quantitative estimate of drug-likeness (QED) is 0.391. The van der Waals surface area contributed by atoms with Gasteiger partial charge in [0.1, 0.15) is 24.1 Å². The second-order valence-electron chi connectivity index (χ2n) is 7.71. The average molecular weight is 462 g/mol. The van der Waals surface area contributed by atoms with Gasteiger partial charge in [-0.05, 0) is 54.1 Å². The van der Waals surface area contributed by atoms with Crippen molar-refractivity contribution in [2.45, 2.75) is 12.5 Å². The number of amides is 2. The van der Waals surface area contributed by atoms with Crippen LogP contribution in [0.4, 0.5) is 5.69 Å². The number of hydrazone groups is 1. The highest BCUT2D eigenvalue weighted by atomic mass is 16.6. The van der Waals surface area contributed by atoms with E-state index in [1.165, 1.54) is 28.3 Å². The molecule has 0 saturated heterocycles. The van der Waals surface area contributed by atoms with Crippen molar-refractivity contribution in [2.75, 3.05) is 20.7 Å². The van der Waals surface area contributed by atoms with E-state index in [0.29, 0.717) is 34.8 Å². The summed E-state index contributed by atoms with van der Waals surface area (Å²) in [5.41, 5.74) is 1.65. The summed E-state index contributed by atoms with van der Waals surface area (Å²) in [6, 6.07) is 15.6. The molecule has 0 spiro atoms. The van der Waals surface area contributed by atoms with Gasteiger partial charge in [-0.2, -0.15) is 5.10 Å². The Labute approximate surface area is 195 Å². The molecule has 10 nitrogen and oxygen atoms in total. The van der Waals surface area contributed by atoms with Gasteiger partial charge in [-0.25, -0.2) is 5.01 Å². The van der Waals surface area contributed by atoms with Crippen molar-refractivity contribution < 1.29 is 23.7 Å². The van der Waals surface area contributed by atoms with Crippen molar-refractivity contribution in [2.24, 2.45) is 5.10 Å². The first kappa shape index (κ1) is 22.7. The van der Waals surface area contributed by atoms with E-state index in [9.17, 15) is 19.7 Å². The maximum atomic E-state index is 13.2. The first-order valence-electron chi connectivity index (χ1n) is 10.4. The number of carbonyl (C=O) groups excluding carboxylic acids is 2. The number of carbonyl (C=O) groups is 2. The van der Waals surface area contributed by atoms with Gasteiger partial charge in [-0.15, -0.1) is 0 Å². The second kappa shape index (κ2) is 9.57. The van der Waals surface area contributed by atoms with Gasteiger partial charge < -0.3 is 14.1 Å². The number of benzene rings is 2. The number of methoxy groups -OCH3 is 1. The maximum absolute atomic E-state index is 13.2. The molecule has 0 radical (unpaired) electrons. The average Bonchev–Trinajstić information content (AvgIpc) is 3.54. The smallest absolute Gasteiger partial charge is 0.269 e. The lowest BCUT2D eigenvalue weighted by molar-refractivity contribution is -0.384. The zero-order valence-corrected chi connectivity index (χ0v) is 18.6. The minimum absolute atomic E-state index is 0.0310. The molecule has 174 valence electrons. The monoisotopic (exact) mass is 462 g/mol. The van der Waals surface area contributed by atoms with Gasteiger partial charge in [0.2, 0.25) is 0 Å². The van der Waals surface area contributed by atoms with Crippen molar-refractivity contribution in [3.8, 4) is 5.75 Å². The molecule has 10 heteroatoms. The molecule has 1 aromatic heterocycles. The third kappa shape index (κ3) is 4.65. The third-order valence-electron chi connectivity index (χ3n) is 5.50. The molecule has 3 aromatic rings. The Balaban J connectivity index is 1.54. The van der Waals surface area contributed by atoms with E-state index < -0.39 is 11.0 Å². The summed E-state index contributed by atoms with van der Waals surface area (Å²) in [6.07, 6.45) is 1.88. The SMILES string of the molecule is COc1ccc(C(=O)N(C)CC(=O)N2N=C(c3ccc([N+](=O)[O-])cc3)C[C@H]2c2ccco2)cc1. The van der Waals surface area contributed by atoms with Crippen LogP contribution in [0, 0.1) is 10.1 Å². The molecule has 0 N–H and O–H groups in total. The van der Waals surface area contributed by atoms with Crippen molar-refractivity contribution in [1.29, 1.82) is 0 Å². The van der Waals surface area contributed by atoms with Crippen LogP contribution in [0.15, 0.2) is 76.4 Å². The summed E-state index contributed by atoms with van der Waals surface area (Å²) >= 11 is 0. The molecule has 34 heavy (non-hydrogen) atoms. The molecular weight excluding hydrogens is 440 g/mol. The van der Waals surface area contributed by atoms with Crippen molar-refractivity contribution in [3.63, 3.8) is 0 Å². The molecule has 0 aliphatic carbocycles. The minimum atomic E-state index is -0.489. The summed E-state index contributed by atoms with van der Waals surface area (Å²) in [5.74, 6) is 0.479. The Kier molecular flexibility index (Phi) is 6.39. The Morgan fingerprint density at radius 2 is 1.88 bits per heavy atom. The zero-order chi connectivity index (χ0) is 24.2. The van der Waals surface area contributed by atoms with E-state index in [1.807, 2.05) is 0 Å². The number of rotatable bonds is 7. The van der Waals surface area contributed by atoms with E-state index in [4.69, 9.17) is 9.15 Å². The van der Waals surface area contributed by atoms with Crippen LogP contribution in [0.2, 0.25) is 0 Å². The van der Waals surface area contributed by atoms with Gasteiger partial charge in [0.05, 0.1) is 24.0 Å². The fourth-order valence-corrected chi connectivity index (χ4v) is 3.69. The Hall–Kier alpha value is -4.47. The van der Waals surface area contributed by atoms with Crippen LogP contribution in [0.1, 0.15) is 34.1 Å². The lowest BCUT2D eigenvalue weighted by atomic mass is 10.0. The topological polar surface area (TPSA) is 118 Å². The normalized spacial score (nSPS) is 15.1. The van der Waals surface area contributed by atoms with Gasteiger partial charge >= 0.3 is 0 Å². The Bertz CT molecular complexity index is 1220. The Morgan fingerprint density at radius 1 is 1.18 bits per heavy atom. The summed E-state index contributed by atoms with van der Waals surface area (Å²) in [4.78, 5) is 37.8. The molecule has 0 fully saturated rings. The van der Waals surface area contributed by atoms with Crippen molar-refractivity contribution >= 4 is 23.2 Å². The molecule has 0 saturated carbocycles. The number of non-ortho nitro benzene ring substituents is 1. The summed E-state index contributed by atoms with van der Waals surface area (Å²) in [5, 5.41) is 16.8. The second-order valence-corrected chi connectivity index (χ2v) is 7.71. The van der Waals surface area contributed by atoms with Gasteiger partial charge in [-0.1, -0.05) is 0 Å². The molecule has 2 heterocycles. The van der Waals surface area contributed by atoms with Gasteiger partial charge in [0.15, 0.2) is 0 Å². The lowest BCUT2D eigenvalue weighted by Crippen LogP contribution is -2.39. The molecule has 1 aliphatic heterocycles. The maximum Gasteiger partial charge on any atom is 0.269 e. The van der Waals surface area contributed by atoms with E-state index >= 15 is 0 Å². The molecular formula is C24H22N4O6. The molecule has 2 aromatic carbocycles. The molecule has 2 amide bonds. The van der Waals surface area contributed by atoms with E-state index in [-0.39, 0.29) is 24.0 Å². The van der Waals surface area contributed by atoms with E-state index in [0.717, 1.165) is 0 Å². The number of furan rings is 1. The molecule has 0 unspecified atom stereocenters. The van der Waals surface area contributed by atoms with Crippen molar-refractivity contribution in [1.82, 2.24) is 9.91 Å². The number of hydrogen-bond acceptors (Lipinski definition) is 7.